The molecule has 5 heteroatoms. The van der Waals surface area contributed by atoms with Crippen molar-refractivity contribution < 1.29 is 13.2 Å². The van der Waals surface area contributed by atoms with Gasteiger partial charge in [0.25, 0.3) is 0 Å². The Morgan fingerprint density at radius 2 is 2.06 bits per heavy atom. The predicted octanol–water partition coefficient (Wildman–Crippen LogP) is 2.57. The van der Waals surface area contributed by atoms with Gasteiger partial charge in [-0.05, 0) is 40.5 Å². The van der Waals surface area contributed by atoms with E-state index in [0.717, 1.165) is 10.0 Å². The largest absolute Gasteiger partial charge is 0.491 e. The highest BCUT2D eigenvalue weighted by Crippen LogP contribution is 2.25. The Bertz CT molecular complexity index is 454. The first kappa shape index (κ1) is 13.5. The van der Waals surface area contributed by atoms with Crippen LogP contribution in [0.15, 0.2) is 22.7 Å². The molecule has 1 aromatic carbocycles. The van der Waals surface area contributed by atoms with E-state index in [9.17, 15) is 8.42 Å². The molecule has 0 spiro atoms. The molecule has 3 nitrogen and oxygen atoms in total. The molecule has 0 bridgehead atoms. The molecular formula is C11H15BrO3S. The third-order valence-electron chi connectivity index (χ3n) is 2.18. The van der Waals surface area contributed by atoms with Crippen molar-refractivity contribution in [3.63, 3.8) is 0 Å². The molecule has 0 amide bonds. The molecule has 16 heavy (non-hydrogen) atoms. The Balaban J connectivity index is 2.56. The van der Waals surface area contributed by atoms with E-state index in [0.29, 0.717) is 5.75 Å². The number of rotatable bonds is 5. The topological polar surface area (TPSA) is 43.4 Å². The van der Waals surface area contributed by atoms with Crippen LogP contribution in [0.5, 0.6) is 5.75 Å². The maximum absolute atomic E-state index is 11.2. The summed E-state index contributed by atoms with van der Waals surface area (Å²) in [6.07, 6.45) is 0. The molecule has 0 heterocycles. The number of aryl methyl sites for hydroxylation is 1. The highest BCUT2D eigenvalue weighted by molar-refractivity contribution is 9.10. The average molecular weight is 307 g/mol. The van der Waals surface area contributed by atoms with Gasteiger partial charge in [0.2, 0.25) is 0 Å². The summed E-state index contributed by atoms with van der Waals surface area (Å²) in [5, 5.41) is 0. The quantitative estimate of drug-likeness (QED) is 0.840. The van der Waals surface area contributed by atoms with Gasteiger partial charge in [0.1, 0.15) is 12.4 Å². The fourth-order valence-corrected chi connectivity index (χ4v) is 2.38. The fourth-order valence-electron chi connectivity index (χ4n) is 1.15. The molecule has 0 radical (unpaired) electrons. The van der Waals surface area contributed by atoms with Crippen LogP contribution in [0.25, 0.3) is 0 Å². The molecule has 0 saturated carbocycles. The SMILES string of the molecule is CCS(=O)(=O)CCOc1ccc(C)cc1Br. The van der Waals surface area contributed by atoms with Gasteiger partial charge in [-0.1, -0.05) is 13.0 Å². The van der Waals surface area contributed by atoms with Crippen molar-refractivity contribution in [2.75, 3.05) is 18.1 Å². The van der Waals surface area contributed by atoms with Crippen LogP contribution in [0.3, 0.4) is 0 Å². The van der Waals surface area contributed by atoms with E-state index < -0.39 is 9.84 Å². The van der Waals surface area contributed by atoms with Gasteiger partial charge in [0.05, 0.1) is 10.2 Å². The van der Waals surface area contributed by atoms with Crippen molar-refractivity contribution in [1.29, 1.82) is 0 Å². The molecule has 1 rings (SSSR count). The van der Waals surface area contributed by atoms with Crippen molar-refractivity contribution in [3.8, 4) is 5.75 Å². The molecule has 0 aliphatic heterocycles. The Morgan fingerprint density at radius 3 is 2.62 bits per heavy atom. The summed E-state index contributed by atoms with van der Waals surface area (Å²) in [6, 6.07) is 5.69. The normalized spacial score (nSPS) is 11.4. The third-order valence-corrected chi connectivity index (χ3v) is 4.47. The zero-order chi connectivity index (χ0) is 12.2. The summed E-state index contributed by atoms with van der Waals surface area (Å²) in [7, 11) is -2.95. The second-order valence-electron chi connectivity index (χ2n) is 3.52. The van der Waals surface area contributed by atoms with Crippen molar-refractivity contribution in [2.45, 2.75) is 13.8 Å². The van der Waals surface area contributed by atoms with Crippen molar-refractivity contribution in [1.82, 2.24) is 0 Å². The molecule has 0 aliphatic carbocycles. The van der Waals surface area contributed by atoms with Gasteiger partial charge in [-0.25, -0.2) is 8.42 Å². The summed E-state index contributed by atoms with van der Waals surface area (Å²) in [5.74, 6) is 0.895. The zero-order valence-corrected chi connectivity index (χ0v) is 11.8. The van der Waals surface area contributed by atoms with E-state index in [1.807, 2.05) is 25.1 Å². The maximum Gasteiger partial charge on any atom is 0.153 e. The van der Waals surface area contributed by atoms with Gasteiger partial charge in [-0.2, -0.15) is 0 Å². The van der Waals surface area contributed by atoms with Crippen molar-refractivity contribution in [3.05, 3.63) is 28.2 Å². The van der Waals surface area contributed by atoms with E-state index >= 15 is 0 Å². The minimum absolute atomic E-state index is 0.0593. The van der Waals surface area contributed by atoms with Gasteiger partial charge in [-0.3, -0.25) is 0 Å². The highest BCUT2D eigenvalue weighted by atomic mass is 79.9. The Kier molecular flexibility index (Phi) is 4.80. The second-order valence-corrected chi connectivity index (χ2v) is 6.85. The molecule has 0 atom stereocenters. The van der Waals surface area contributed by atoms with Crippen LogP contribution in [0.1, 0.15) is 12.5 Å². The molecule has 0 N–H and O–H groups in total. The molecular weight excluding hydrogens is 292 g/mol. The van der Waals surface area contributed by atoms with Crippen LogP contribution in [0, 0.1) is 6.92 Å². The van der Waals surface area contributed by atoms with Gasteiger partial charge in [0, 0.05) is 5.75 Å². The summed E-state index contributed by atoms with van der Waals surface area (Å²) < 4.78 is 28.7. The monoisotopic (exact) mass is 306 g/mol. The first-order chi connectivity index (χ1) is 7.44. The number of hydrogen-bond donors (Lipinski definition) is 0. The minimum Gasteiger partial charge on any atom is -0.491 e. The molecule has 0 unspecified atom stereocenters. The van der Waals surface area contributed by atoms with E-state index in [1.54, 1.807) is 6.92 Å². The van der Waals surface area contributed by atoms with Gasteiger partial charge < -0.3 is 4.74 Å². The summed E-state index contributed by atoms with van der Waals surface area (Å²) in [6.45, 7) is 3.81. The molecule has 0 fully saturated rings. The fraction of sp³-hybridized carbons (Fsp3) is 0.455. The average Bonchev–Trinajstić information content (AvgIpc) is 2.21. The summed E-state index contributed by atoms with van der Waals surface area (Å²) in [4.78, 5) is 0. The first-order valence-electron chi connectivity index (χ1n) is 5.04. The standard InChI is InChI=1S/C11H15BrO3S/c1-3-16(13,14)7-6-15-11-5-4-9(2)8-10(11)12/h4-5,8H,3,6-7H2,1-2H3. The Labute approximate surface area is 105 Å². The zero-order valence-electron chi connectivity index (χ0n) is 9.36. The van der Waals surface area contributed by atoms with Crippen molar-refractivity contribution in [2.24, 2.45) is 0 Å². The van der Waals surface area contributed by atoms with Crippen LogP contribution in [0.4, 0.5) is 0 Å². The second kappa shape index (κ2) is 5.68. The van der Waals surface area contributed by atoms with Gasteiger partial charge >= 0.3 is 0 Å². The summed E-state index contributed by atoms with van der Waals surface area (Å²) >= 11 is 3.37. The minimum atomic E-state index is -2.95. The lowest BCUT2D eigenvalue weighted by Gasteiger charge is -2.08. The highest BCUT2D eigenvalue weighted by Gasteiger charge is 2.08. The van der Waals surface area contributed by atoms with Crippen LogP contribution in [-0.2, 0) is 9.84 Å². The van der Waals surface area contributed by atoms with Crippen molar-refractivity contribution >= 4 is 25.8 Å². The molecule has 0 aliphatic rings. The maximum atomic E-state index is 11.2. The van der Waals surface area contributed by atoms with Crippen LogP contribution in [0.2, 0.25) is 0 Å². The molecule has 0 saturated heterocycles. The Hall–Kier alpha value is -0.550. The van der Waals surface area contributed by atoms with E-state index in [-0.39, 0.29) is 18.1 Å². The lowest BCUT2D eigenvalue weighted by Crippen LogP contribution is -2.15. The molecule has 0 aromatic heterocycles. The number of hydrogen-bond acceptors (Lipinski definition) is 3. The van der Waals surface area contributed by atoms with Crippen LogP contribution >= 0.6 is 15.9 Å². The van der Waals surface area contributed by atoms with Gasteiger partial charge in [0.15, 0.2) is 9.84 Å². The summed E-state index contributed by atoms with van der Waals surface area (Å²) in [5.41, 5.74) is 1.13. The molecule has 90 valence electrons. The van der Waals surface area contributed by atoms with Crippen LogP contribution < -0.4 is 4.74 Å². The van der Waals surface area contributed by atoms with Crippen LogP contribution in [-0.4, -0.2) is 26.5 Å². The molecule has 1 aromatic rings. The lowest BCUT2D eigenvalue weighted by atomic mass is 10.2. The number of ether oxygens (including phenoxy) is 1. The predicted molar refractivity (Wildman–Crippen MR) is 68.7 cm³/mol. The van der Waals surface area contributed by atoms with E-state index in [1.165, 1.54) is 0 Å². The smallest absolute Gasteiger partial charge is 0.153 e. The number of benzene rings is 1. The Morgan fingerprint density at radius 1 is 1.38 bits per heavy atom. The first-order valence-corrected chi connectivity index (χ1v) is 7.65. The number of sulfone groups is 1. The van der Waals surface area contributed by atoms with Gasteiger partial charge in [-0.15, -0.1) is 0 Å². The van der Waals surface area contributed by atoms with E-state index in [2.05, 4.69) is 15.9 Å². The lowest BCUT2D eigenvalue weighted by molar-refractivity contribution is 0.338. The van der Waals surface area contributed by atoms with E-state index in [4.69, 9.17) is 4.74 Å². The number of halogens is 1. The third kappa shape index (κ3) is 4.14.